The zero-order chi connectivity index (χ0) is 19.8. The second-order valence-electron chi connectivity index (χ2n) is 6.44. The summed E-state index contributed by atoms with van der Waals surface area (Å²) in [4.78, 5) is 36.0. The monoisotopic (exact) mass is 368 g/mol. The minimum Gasteiger partial charge on any atom is -0.326 e. The summed E-state index contributed by atoms with van der Waals surface area (Å²) in [6, 6.07) is 14.6. The molecule has 1 unspecified atom stereocenters. The van der Waals surface area contributed by atoms with Crippen molar-refractivity contribution in [1.82, 2.24) is 5.32 Å². The van der Waals surface area contributed by atoms with Gasteiger partial charge in [-0.3, -0.25) is 9.59 Å². The molecule has 2 aromatic rings. The molecule has 7 heteroatoms. The van der Waals surface area contributed by atoms with Crippen LogP contribution in [0.1, 0.15) is 20.8 Å². The third kappa shape index (κ3) is 6.47. The number of benzene rings is 2. The van der Waals surface area contributed by atoms with Crippen LogP contribution in [-0.2, 0) is 9.59 Å². The van der Waals surface area contributed by atoms with Crippen LogP contribution < -0.4 is 21.3 Å². The van der Waals surface area contributed by atoms with Crippen LogP contribution in [0.25, 0.3) is 0 Å². The van der Waals surface area contributed by atoms with Gasteiger partial charge in [0.05, 0.1) is 0 Å². The number of carbonyl (C=O) groups excluding carboxylic acids is 3. The van der Waals surface area contributed by atoms with Gasteiger partial charge in [0.25, 0.3) is 0 Å². The molecule has 1 atom stereocenters. The van der Waals surface area contributed by atoms with E-state index >= 15 is 0 Å². The van der Waals surface area contributed by atoms with Crippen molar-refractivity contribution in [2.75, 3.05) is 16.0 Å². The Bertz CT molecular complexity index is 806. The highest BCUT2D eigenvalue weighted by Crippen LogP contribution is 2.16. The van der Waals surface area contributed by atoms with Gasteiger partial charge in [-0.05, 0) is 36.2 Å². The highest BCUT2D eigenvalue weighted by molar-refractivity contribution is 6.00. The summed E-state index contributed by atoms with van der Waals surface area (Å²) in [5.41, 5.74) is 1.75. The lowest BCUT2D eigenvalue weighted by Crippen LogP contribution is -2.48. The van der Waals surface area contributed by atoms with Crippen LogP contribution in [0.4, 0.5) is 21.9 Å². The third-order valence-corrected chi connectivity index (χ3v) is 3.72. The molecule has 0 aliphatic heterocycles. The zero-order valence-corrected chi connectivity index (χ0v) is 15.6. The Morgan fingerprint density at radius 3 is 1.96 bits per heavy atom. The SMILES string of the molecule is CC(=O)Nc1cccc(NC(=O)C(NC(=O)Nc2ccccc2)C(C)C)c1. The van der Waals surface area contributed by atoms with E-state index in [1.807, 2.05) is 32.0 Å². The number of urea groups is 1. The van der Waals surface area contributed by atoms with Gasteiger partial charge in [-0.2, -0.15) is 0 Å². The van der Waals surface area contributed by atoms with E-state index in [1.165, 1.54) is 6.92 Å². The smallest absolute Gasteiger partial charge is 0.319 e. The minimum atomic E-state index is -0.724. The molecule has 4 N–H and O–H groups in total. The molecule has 0 saturated carbocycles. The molecule has 27 heavy (non-hydrogen) atoms. The molecule has 0 aliphatic carbocycles. The first-order chi connectivity index (χ1) is 12.8. The van der Waals surface area contributed by atoms with E-state index in [2.05, 4.69) is 21.3 Å². The molecule has 0 spiro atoms. The van der Waals surface area contributed by atoms with E-state index in [1.54, 1.807) is 36.4 Å². The van der Waals surface area contributed by atoms with Crippen molar-refractivity contribution >= 4 is 34.9 Å². The number of nitrogens with one attached hydrogen (secondary N) is 4. The number of rotatable bonds is 6. The second kappa shape index (κ2) is 9.38. The first kappa shape index (κ1) is 20.0. The quantitative estimate of drug-likeness (QED) is 0.628. The Morgan fingerprint density at radius 2 is 1.37 bits per heavy atom. The van der Waals surface area contributed by atoms with Crippen LogP contribution in [-0.4, -0.2) is 23.9 Å². The first-order valence-corrected chi connectivity index (χ1v) is 8.66. The number of amides is 4. The van der Waals surface area contributed by atoms with Gasteiger partial charge < -0.3 is 21.3 Å². The maximum absolute atomic E-state index is 12.6. The number of anilines is 3. The normalized spacial score (nSPS) is 11.4. The topological polar surface area (TPSA) is 99.3 Å². The largest absolute Gasteiger partial charge is 0.326 e. The van der Waals surface area contributed by atoms with Gasteiger partial charge in [0.15, 0.2) is 0 Å². The Kier molecular flexibility index (Phi) is 6.93. The number of hydrogen-bond donors (Lipinski definition) is 4. The second-order valence-corrected chi connectivity index (χ2v) is 6.44. The summed E-state index contributed by atoms with van der Waals surface area (Å²) in [7, 11) is 0. The average Bonchev–Trinajstić information content (AvgIpc) is 2.60. The molecule has 2 rings (SSSR count). The summed E-state index contributed by atoms with van der Waals surface area (Å²) < 4.78 is 0. The molecule has 4 amide bonds. The van der Waals surface area contributed by atoms with Gasteiger partial charge in [0.1, 0.15) is 6.04 Å². The van der Waals surface area contributed by atoms with Gasteiger partial charge in [-0.1, -0.05) is 38.1 Å². The van der Waals surface area contributed by atoms with Crippen LogP contribution in [0.2, 0.25) is 0 Å². The van der Waals surface area contributed by atoms with Gasteiger partial charge in [-0.15, -0.1) is 0 Å². The van der Waals surface area contributed by atoms with Gasteiger partial charge in [0.2, 0.25) is 11.8 Å². The maximum atomic E-state index is 12.6. The predicted molar refractivity (Wildman–Crippen MR) is 107 cm³/mol. The molecule has 0 fully saturated rings. The van der Waals surface area contributed by atoms with Crippen molar-refractivity contribution in [3.8, 4) is 0 Å². The molecule has 0 aliphatic rings. The van der Waals surface area contributed by atoms with Crippen LogP contribution in [0.3, 0.4) is 0 Å². The highest BCUT2D eigenvalue weighted by atomic mass is 16.2. The van der Waals surface area contributed by atoms with Crippen LogP contribution in [0, 0.1) is 5.92 Å². The molecular weight excluding hydrogens is 344 g/mol. The van der Waals surface area contributed by atoms with Crippen molar-refractivity contribution in [3.63, 3.8) is 0 Å². The standard InChI is InChI=1S/C20H24N4O3/c1-13(2)18(24-20(27)23-15-8-5-4-6-9-15)19(26)22-17-11-7-10-16(12-17)21-14(3)25/h4-13,18H,1-3H3,(H,21,25)(H,22,26)(H2,23,24,27). The number of hydrogen-bond acceptors (Lipinski definition) is 3. The molecule has 2 aromatic carbocycles. The van der Waals surface area contributed by atoms with E-state index in [-0.39, 0.29) is 17.7 Å². The van der Waals surface area contributed by atoms with Crippen molar-refractivity contribution in [1.29, 1.82) is 0 Å². The first-order valence-electron chi connectivity index (χ1n) is 8.66. The average molecular weight is 368 g/mol. The van der Waals surface area contributed by atoms with E-state index < -0.39 is 12.1 Å². The van der Waals surface area contributed by atoms with Crippen molar-refractivity contribution < 1.29 is 14.4 Å². The van der Waals surface area contributed by atoms with Crippen LogP contribution in [0.5, 0.6) is 0 Å². The fourth-order valence-corrected chi connectivity index (χ4v) is 2.46. The summed E-state index contributed by atoms with van der Waals surface area (Å²) >= 11 is 0. The molecule has 0 radical (unpaired) electrons. The molecule has 0 heterocycles. The zero-order valence-electron chi connectivity index (χ0n) is 15.6. The lowest BCUT2D eigenvalue weighted by atomic mass is 10.0. The van der Waals surface area contributed by atoms with Crippen LogP contribution in [0.15, 0.2) is 54.6 Å². The van der Waals surface area contributed by atoms with Gasteiger partial charge in [0, 0.05) is 24.0 Å². The Morgan fingerprint density at radius 1 is 0.778 bits per heavy atom. The third-order valence-electron chi connectivity index (χ3n) is 3.72. The Balaban J connectivity index is 2.02. The van der Waals surface area contributed by atoms with E-state index in [0.29, 0.717) is 17.1 Å². The lowest BCUT2D eigenvalue weighted by molar-refractivity contribution is -0.118. The van der Waals surface area contributed by atoms with Crippen LogP contribution >= 0.6 is 0 Å². The molecule has 0 bridgehead atoms. The van der Waals surface area contributed by atoms with E-state index in [9.17, 15) is 14.4 Å². The number of para-hydroxylation sites is 1. The maximum Gasteiger partial charge on any atom is 0.319 e. The lowest BCUT2D eigenvalue weighted by Gasteiger charge is -2.22. The van der Waals surface area contributed by atoms with Gasteiger partial charge in [-0.25, -0.2) is 4.79 Å². The van der Waals surface area contributed by atoms with E-state index in [4.69, 9.17) is 0 Å². The van der Waals surface area contributed by atoms with Crippen molar-refractivity contribution in [3.05, 3.63) is 54.6 Å². The summed E-state index contributed by atoms with van der Waals surface area (Å²) in [6.45, 7) is 5.11. The van der Waals surface area contributed by atoms with Crippen molar-refractivity contribution in [2.45, 2.75) is 26.8 Å². The number of carbonyl (C=O) groups is 3. The Labute approximate surface area is 158 Å². The molecule has 0 aromatic heterocycles. The van der Waals surface area contributed by atoms with Gasteiger partial charge >= 0.3 is 6.03 Å². The summed E-state index contributed by atoms with van der Waals surface area (Å²) in [5.74, 6) is -0.656. The van der Waals surface area contributed by atoms with E-state index in [0.717, 1.165) is 0 Å². The summed E-state index contributed by atoms with van der Waals surface area (Å²) in [5, 5.41) is 10.8. The molecule has 0 saturated heterocycles. The highest BCUT2D eigenvalue weighted by Gasteiger charge is 2.24. The predicted octanol–water partition coefficient (Wildman–Crippen LogP) is 3.43. The fraction of sp³-hybridized carbons (Fsp3) is 0.250. The molecule has 142 valence electrons. The molecule has 7 nitrogen and oxygen atoms in total. The molecular formula is C20H24N4O3. The Hall–Kier alpha value is -3.35. The van der Waals surface area contributed by atoms with Crippen molar-refractivity contribution in [2.24, 2.45) is 5.92 Å². The fourth-order valence-electron chi connectivity index (χ4n) is 2.46. The minimum absolute atomic E-state index is 0.120. The summed E-state index contributed by atoms with van der Waals surface area (Å²) in [6.07, 6.45) is 0.